The summed E-state index contributed by atoms with van der Waals surface area (Å²) in [5.41, 5.74) is 1.70. The largest absolute Gasteiger partial charge is 0.489 e. The van der Waals surface area contributed by atoms with Crippen molar-refractivity contribution in [1.82, 2.24) is 0 Å². The van der Waals surface area contributed by atoms with E-state index in [1.807, 2.05) is 19.1 Å². The van der Waals surface area contributed by atoms with Crippen LogP contribution in [-0.4, -0.2) is 26.2 Å². The summed E-state index contributed by atoms with van der Waals surface area (Å²) in [7, 11) is 1.61. The van der Waals surface area contributed by atoms with Gasteiger partial charge in [-0.25, -0.2) is 0 Å². The number of aryl methyl sites for hydroxylation is 1. The van der Waals surface area contributed by atoms with Crippen molar-refractivity contribution in [3.05, 3.63) is 36.4 Å². The molecule has 17 heavy (non-hydrogen) atoms. The molecule has 0 saturated carbocycles. The van der Waals surface area contributed by atoms with E-state index in [1.165, 1.54) is 6.08 Å². The minimum atomic E-state index is -0.259. The quantitative estimate of drug-likeness (QED) is 0.607. The Morgan fingerprint density at radius 2 is 2.24 bits per heavy atom. The van der Waals surface area contributed by atoms with Crippen LogP contribution in [0.2, 0.25) is 0 Å². The summed E-state index contributed by atoms with van der Waals surface area (Å²) < 4.78 is 10.4. The SMILES string of the molecule is C=CC(=O)Nc1ccc(C)cc1OCCOC. The molecule has 0 aliphatic carbocycles. The van der Waals surface area contributed by atoms with Crippen LogP contribution in [0.4, 0.5) is 5.69 Å². The molecule has 92 valence electrons. The van der Waals surface area contributed by atoms with Crippen molar-refractivity contribution < 1.29 is 14.3 Å². The van der Waals surface area contributed by atoms with E-state index in [-0.39, 0.29) is 5.91 Å². The van der Waals surface area contributed by atoms with Crippen LogP contribution in [0.1, 0.15) is 5.56 Å². The molecule has 1 aromatic carbocycles. The van der Waals surface area contributed by atoms with Gasteiger partial charge in [0.1, 0.15) is 12.4 Å². The third-order valence-electron chi connectivity index (χ3n) is 2.13. The van der Waals surface area contributed by atoms with Gasteiger partial charge in [-0.2, -0.15) is 0 Å². The summed E-state index contributed by atoms with van der Waals surface area (Å²) in [6.07, 6.45) is 1.22. The van der Waals surface area contributed by atoms with Gasteiger partial charge < -0.3 is 14.8 Å². The first-order valence-corrected chi connectivity index (χ1v) is 5.33. The Labute approximate surface area is 101 Å². The highest BCUT2D eigenvalue weighted by molar-refractivity contribution is 5.99. The van der Waals surface area contributed by atoms with Crippen LogP contribution in [0.25, 0.3) is 0 Å². The molecule has 4 heteroatoms. The number of amides is 1. The zero-order valence-corrected chi connectivity index (χ0v) is 10.2. The number of ether oxygens (including phenoxy) is 2. The number of anilines is 1. The Kier molecular flexibility index (Phi) is 5.23. The number of nitrogens with one attached hydrogen (secondary N) is 1. The molecule has 0 atom stereocenters. The van der Waals surface area contributed by atoms with Crippen LogP contribution >= 0.6 is 0 Å². The zero-order chi connectivity index (χ0) is 12.7. The van der Waals surface area contributed by atoms with Gasteiger partial charge in [0.05, 0.1) is 12.3 Å². The fraction of sp³-hybridized carbons (Fsp3) is 0.308. The molecule has 1 rings (SSSR count). The highest BCUT2D eigenvalue weighted by atomic mass is 16.5. The fourth-order valence-electron chi connectivity index (χ4n) is 1.27. The molecule has 0 aliphatic rings. The first kappa shape index (κ1) is 13.3. The summed E-state index contributed by atoms with van der Waals surface area (Å²) in [6, 6.07) is 5.58. The molecule has 0 saturated heterocycles. The lowest BCUT2D eigenvalue weighted by Gasteiger charge is -2.12. The second kappa shape index (κ2) is 6.70. The smallest absolute Gasteiger partial charge is 0.247 e. The van der Waals surface area contributed by atoms with Gasteiger partial charge in [-0.15, -0.1) is 0 Å². The molecule has 0 spiro atoms. The molecule has 1 N–H and O–H groups in total. The van der Waals surface area contributed by atoms with Crippen LogP contribution < -0.4 is 10.1 Å². The normalized spacial score (nSPS) is 9.76. The van der Waals surface area contributed by atoms with E-state index in [4.69, 9.17) is 9.47 Å². The number of carbonyl (C=O) groups is 1. The number of carbonyl (C=O) groups excluding carboxylic acids is 1. The molecule has 0 heterocycles. The third-order valence-corrected chi connectivity index (χ3v) is 2.13. The maximum absolute atomic E-state index is 11.2. The topological polar surface area (TPSA) is 47.6 Å². The van der Waals surface area contributed by atoms with Crippen molar-refractivity contribution in [2.75, 3.05) is 25.6 Å². The Hall–Kier alpha value is -1.81. The van der Waals surface area contributed by atoms with Crippen molar-refractivity contribution in [2.45, 2.75) is 6.92 Å². The van der Waals surface area contributed by atoms with Crippen molar-refractivity contribution in [3.63, 3.8) is 0 Å². The first-order chi connectivity index (χ1) is 8.17. The molecule has 1 aromatic rings. The predicted molar refractivity (Wildman–Crippen MR) is 67.4 cm³/mol. The molecule has 0 unspecified atom stereocenters. The van der Waals surface area contributed by atoms with Gasteiger partial charge in [0, 0.05) is 7.11 Å². The van der Waals surface area contributed by atoms with Gasteiger partial charge in [-0.05, 0) is 30.7 Å². The van der Waals surface area contributed by atoms with Gasteiger partial charge in [0.25, 0.3) is 0 Å². The van der Waals surface area contributed by atoms with Crippen LogP contribution in [0, 0.1) is 6.92 Å². The third kappa shape index (κ3) is 4.28. The molecule has 4 nitrogen and oxygen atoms in total. The average Bonchev–Trinajstić information content (AvgIpc) is 2.32. The number of rotatable bonds is 6. The molecular weight excluding hydrogens is 218 g/mol. The van der Waals surface area contributed by atoms with E-state index in [2.05, 4.69) is 11.9 Å². The summed E-state index contributed by atoms with van der Waals surface area (Å²) in [4.78, 5) is 11.2. The maximum Gasteiger partial charge on any atom is 0.247 e. The fourth-order valence-corrected chi connectivity index (χ4v) is 1.27. The van der Waals surface area contributed by atoms with Crippen LogP contribution in [0.15, 0.2) is 30.9 Å². The summed E-state index contributed by atoms with van der Waals surface area (Å²) >= 11 is 0. The Balaban J connectivity index is 2.79. The van der Waals surface area contributed by atoms with Crippen molar-refractivity contribution in [1.29, 1.82) is 0 Å². The van der Waals surface area contributed by atoms with Gasteiger partial charge in [0.15, 0.2) is 0 Å². The van der Waals surface area contributed by atoms with E-state index in [0.717, 1.165) is 5.56 Å². The van der Waals surface area contributed by atoms with Crippen molar-refractivity contribution in [3.8, 4) is 5.75 Å². The molecule has 0 fully saturated rings. The predicted octanol–water partition coefficient (Wildman–Crippen LogP) is 2.14. The second-order valence-corrected chi connectivity index (χ2v) is 3.53. The summed E-state index contributed by atoms with van der Waals surface area (Å²) in [5.74, 6) is 0.377. The van der Waals surface area contributed by atoms with Crippen LogP contribution in [0.3, 0.4) is 0 Å². The van der Waals surface area contributed by atoms with E-state index in [0.29, 0.717) is 24.7 Å². The maximum atomic E-state index is 11.2. The highest BCUT2D eigenvalue weighted by Gasteiger charge is 2.06. The standard InChI is InChI=1S/C13H17NO3/c1-4-13(15)14-11-6-5-10(2)9-12(11)17-8-7-16-3/h4-6,9H,1,7-8H2,2-3H3,(H,14,15). The lowest BCUT2D eigenvalue weighted by Crippen LogP contribution is -2.11. The van der Waals surface area contributed by atoms with Crippen LogP contribution in [0.5, 0.6) is 5.75 Å². The number of methoxy groups -OCH3 is 1. The van der Waals surface area contributed by atoms with E-state index >= 15 is 0 Å². The molecule has 0 aliphatic heterocycles. The van der Waals surface area contributed by atoms with Crippen molar-refractivity contribution in [2.24, 2.45) is 0 Å². The molecule has 1 amide bonds. The van der Waals surface area contributed by atoms with Gasteiger partial charge in [-0.1, -0.05) is 12.6 Å². The number of hydrogen-bond acceptors (Lipinski definition) is 3. The Morgan fingerprint density at radius 3 is 2.88 bits per heavy atom. The van der Waals surface area contributed by atoms with E-state index < -0.39 is 0 Å². The molecule has 0 bridgehead atoms. The lowest BCUT2D eigenvalue weighted by molar-refractivity contribution is -0.111. The molecule has 0 radical (unpaired) electrons. The van der Waals surface area contributed by atoms with Gasteiger partial charge in [0.2, 0.25) is 5.91 Å². The summed E-state index contributed by atoms with van der Waals surface area (Å²) in [5, 5.41) is 2.69. The Bertz CT molecular complexity index is 402. The van der Waals surface area contributed by atoms with Gasteiger partial charge in [-0.3, -0.25) is 4.79 Å². The zero-order valence-electron chi connectivity index (χ0n) is 10.2. The monoisotopic (exact) mass is 235 g/mol. The molecule has 0 aromatic heterocycles. The number of benzene rings is 1. The first-order valence-electron chi connectivity index (χ1n) is 5.33. The highest BCUT2D eigenvalue weighted by Crippen LogP contribution is 2.25. The average molecular weight is 235 g/mol. The second-order valence-electron chi connectivity index (χ2n) is 3.53. The Morgan fingerprint density at radius 1 is 1.47 bits per heavy atom. The lowest BCUT2D eigenvalue weighted by atomic mass is 10.2. The minimum absolute atomic E-state index is 0.259. The summed E-state index contributed by atoms with van der Waals surface area (Å²) in [6.45, 7) is 6.31. The van der Waals surface area contributed by atoms with E-state index in [9.17, 15) is 4.79 Å². The number of hydrogen-bond donors (Lipinski definition) is 1. The van der Waals surface area contributed by atoms with E-state index in [1.54, 1.807) is 13.2 Å². The van der Waals surface area contributed by atoms with Crippen molar-refractivity contribution >= 4 is 11.6 Å². The minimum Gasteiger partial charge on any atom is -0.489 e. The van der Waals surface area contributed by atoms with Crippen LogP contribution in [-0.2, 0) is 9.53 Å². The molecular formula is C13H17NO3. The van der Waals surface area contributed by atoms with Gasteiger partial charge >= 0.3 is 0 Å².